The van der Waals surface area contributed by atoms with Crippen LogP contribution in [0.3, 0.4) is 0 Å². The quantitative estimate of drug-likeness (QED) is 0.271. The smallest absolute Gasteiger partial charge is 0.344 e. The number of benzene rings is 3. The Kier molecular flexibility index (Phi) is 6.34. The molecule has 0 aromatic heterocycles. The first-order valence-corrected chi connectivity index (χ1v) is 9.29. The minimum atomic E-state index is -0.445. The number of esters is 1. The molecule has 140 valence electrons. The van der Waals surface area contributed by atoms with Crippen LogP contribution >= 0.6 is 15.9 Å². The first-order valence-electron chi connectivity index (χ1n) is 8.50. The van der Waals surface area contributed by atoms with Crippen molar-refractivity contribution in [1.29, 1.82) is 0 Å². The van der Waals surface area contributed by atoms with E-state index in [1.165, 1.54) is 6.21 Å². The lowest BCUT2D eigenvalue weighted by molar-refractivity contribution is 0.0733. The summed E-state index contributed by atoms with van der Waals surface area (Å²) in [5.74, 6) is -0.309. The minimum Gasteiger partial charge on any atom is -0.423 e. The summed E-state index contributed by atoms with van der Waals surface area (Å²) < 4.78 is 6.04. The van der Waals surface area contributed by atoms with E-state index in [2.05, 4.69) is 26.5 Å². The number of carbonyl (C=O) groups is 2. The molecular weight excluding hydrogens is 420 g/mol. The number of rotatable bonds is 5. The van der Waals surface area contributed by atoms with Crippen molar-refractivity contribution in [3.8, 4) is 5.75 Å². The zero-order valence-corrected chi connectivity index (χ0v) is 16.6. The topological polar surface area (TPSA) is 67.8 Å². The fourth-order valence-corrected chi connectivity index (χ4v) is 2.79. The molecule has 1 amide bonds. The maximum Gasteiger partial charge on any atom is 0.344 e. The number of amides is 1. The molecule has 0 saturated carbocycles. The van der Waals surface area contributed by atoms with Crippen molar-refractivity contribution in [1.82, 2.24) is 5.43 Å². The highest BCUT2D eigenvalue weighted by atomic mass is 79.9. The van der Waals surface area contributed by atoms with Gasteiger partial charge in [-0.2, -0.15) is 5.10 Å². The number of hydrogen-bond donors (Lipinski definition) is 1. The van der Waals surface area contributed by atoms with Crippen molar-refractivity contribution in [2.45, 2.75) is 6.92 Å². The van der Waals surface area contributed by atoms with Gasteiger partial charge in [0.2, 0.25) is 0 Å². The molecule has 0 atom stereocenters. The van der Waals surface area contributed by atoms with E-state index in [-0.39, 0.29) is 5.91 Å². The van der Waals surface area contributed by atoms with Gasteiger partial charge in [0.25, 0.3) is 5.91 Å². The standard InChI is InChI=1S/C22H17BrN2O3/c1-15-6-10-17(11-7-15)21(26)25-24-14-16-8-12-18(13-9-16)28-22(27)19-4-2-3-5-20(19)23/h2-14H,1H3,(H,25,26). The number of aryl methyl sites for hydroxylation is 1. The molecule has 3 rings (SSSR count). The Bertz CT molecular complexity index is 1010. The average Bonchev–Trinajstić information content (AvgIpc) is 2.70. The number of carbonyl (C=O) groups excluding carboxylic acids is 2. The fraction of sp³-hybridized carbons (Fsp3) is 0.0455. The number of hydrogen-bond acceptors (Lipinski definition) is 4. The maximum atomic E-state index is 12.2. The summed E-state index contributed by atoms with van der Waals surface area (Å²) in [7, 11) is 0. The van der Waals surface area contributed by atoms with Gasteiger partial charge in [-0.3, -0.25) is 4.79 Å². The molecule has 0 aliphatic carbocycles. The van der Waals surface area contributed by atoms with Gasteiger partial charge in [-0.25, -0.2) is 10.2 Å². The summed E-state index contributed by atoms with van der Waals surface area (Å²) in [4.78, 5) is 24.2. The van der Waals surface area contributed by atoms with Crippen LogP contribution in [0.15, 0.2) is 82.4 Å². The van der Waals surface area contributed by atoms with E-state index in [1.807, 2.05) is 25.1 Å². The Morgan fingerprint density at radius 1 is 0.964 bits per heavy atom. The van der Waals surface area contributed by atoms with Gasteiger partial charge in [0.05, 0.1) is 11.8 Å². The molecule has 0 aliphatic heterocycles. The third-order valence-electron chi connectivity index (χ3n) is 3.88. The molecule has 0 bridgehead atoms. The summed E-state index contributed by atoms with van der Waals surface area (Å²) in [5, 5.41) is 3.95. The maximum absolute atomic E-state index is 12.2. The number of halogens is 1. The molecule has 0 spiro atoms. The molecule has 0 aliphatic rings. The summed E-state index contributed by atoms with van der Waals surface area (Å²) >= 11 is 3.33. The molecule has 28 heavy (non-hydrogen) atoms. The second kappa shape index (κ2) is 9.10. The van der Waals surface area contributed by atoms with E-state index in [0.717, 1.165) is 11.1 Å². The normalized spacial score (nSPS) is 10.6. The second-order valence-electron chi connectivity index (χ2n) is 6.00. The van der Waals surface area contributed by atoms with E-state index in [1.54, 1.807) is 54.6 Å². The Morgan fingerprint density at radius 2 is 1.64 bits per heavy atom. The van der Waals surface area contributed by atoms with Gasteiger partial charge in [-0.05, 0) is 76.9 Å². The van der Waals surface area contributed by atoms with Crippen molar-refractivity contribution >= 4 is 34.0 Å². The third-order valence-corrected chi connectivity index (χ3v) is 4.57. The molecule has 0 saturated heterocycles. The van der Waals surface area contributed by atoms with Crippen LogP contribution in [0, 0.1) is 6.92 Å². The van der Waals surface area contributed by atoms with Gasteiger partial charge in [0, 0.05) is 10.0 Å². The predicted octanol–water partition coefficient (Wildman–Crippen LogP) is 4.74. The molecule has 6 heteroatoms. The van der Waals surface area contributed by atoms with Crippen LogP contribution in [0.1, 0.15) is 31.8 Å². The van der Waals surface area contributed by atoms with Crippen LogP contribution in [0.2, 0.25) is 0 Å². The molecule has 0 unspecified atom stereocenters. The number of hydrazone groups is 1. The van der Waals surface area contributed by atoms with Gasteiger partial charge in [-0.1, -0.05) is 29.8 Å². The first-order chi connectivity index (χ1) is 13.5. The Hall–Kier alpha value is -3.25. The lowest BCUT2D eigenvalue weighted by Gasteiger charge is -2.06. The average molecular weight is 437 g/mol. The van der Waals surface area contributed by atoms with Gasteiger partial charge in [0.15, 0.2) is 0 Å². The van der Waals surface area contributed by atoms with Crippen LogP contribution in [-0.4, -0.2) is 18.1 Å². The zero-order valence-electron chi connectivity index (χ0n) is 15.1. The second-order valence-corrected chi connectivity index (χ2v) is 6.86. The Balaban J connectivity index is 1.57. The Labute approximate surface area is 171 Å². The van der Waals surface area contributed by atoms with Gasteiger partial charge in [0.1, 0.15) is 5.75 Å². The number of ether oxygens (including phenoxy) is 1. The van der Waals surface area contributed by atoms with Crippen molar-refractivity contribution < 1.29 is 14.3 Å². The molecule has 5 nitrogen and oxygen atoms in total. The van der Waals surface area contributed by atoms with E-state index in [9.17, 15) is 9.59 Å². The third kappa shape index (κ3) is 5.14. The lowest BCUT2D eigenvalue weighted by Crippen LogP contribution is -2.17. The van der Waals surface area contributed by atoms with E-state index >= 15 is 0 Å². The first kappa shape index (κ1) is 19.5. The van der Waals surface area contributed by atoms with Crippen molar-refractivity contribution in [2.24, 2.45) is 5.10 Å². The molecule has 0 heterocycles. The van der Waals surface area contributed by atoms with Gasteiger partial charge in [-0.15, -0.1) is 0 Å². The molecule has 0 radical (unpaired) electrons. The van der Waals surface area contributed by atoms with Crippen LogP contribution in [0.5, 0.6) is 5.75 Å². The van der Waals surface area contributed by atoms with Gasteiger partial charge >= 0.3 is 5.97 Å². The summed E-state index contributed by atoms with van der Waals surface area (Å²) in [5.41, 5.74) is 5.31. The SMILES string of the molecule is Cc1ccc(C(=O)NN=Cc2ccc(OC(=O)c3ccccc3Br)cc2)cc1. The van der Waals surface area contributed by atoms with Crippen LogP contribution in [-0.2, 0) is 0 Å². The molecular formula is C22H17BrN2O3. The van der Waals surface area contributed by atoms with E-state index in [4.69, 9.17) is 4.74 Å². The van der Waals surface area contributed by atoms with Crippen LogP contribution < -0.4 is 10.2 Å². The van der Waals surface area contributed by atoms with Gasteiger partial charge < -0.3 is 4.74 Å². The highest BCUT2D eigenvalue weighted by Gasteiger charge is 2.11. The Morgan fingerprint density at radius 3 is 2.32 bits per heavy atom. The van der Waals surface area contributed by atoms with Crippen molar-refractivity contribution in [3.63, 3.8) is 0 Å². The number of nitrogens with one attached hydrogen (secondary N) is 1. The summed E-state index contributed by atoms with van der Waals surface area (Å²) in [6.45, 7) is 1.96. The van der Waals surface area contributed by atoms with E-state index < -0.39 is 5.97 Å². The molecule has 1 N–H and O–H groups in total. The highest BCUT2D eigenvalue weighted by molar-refractivity contribution is 9.10. The predicted molar refractivity (Wildman–Crippen MR) is 112 cm³/mol. The van der Waals surface area contributed by atoms with Crippen LogP contribution in [0.25, 0.3) is 0 Å². The van der Waals surface area contributed by atoms with Crippen molar-refractivity contribution in [2.75, 3.05) is 0 Å². The fourth-order valence-electron chi connectivity index (χ4n) is 2.35. The highest BCUT2D eigenvalue weighted by Crippen LogP contribution is 2.19. The minimum absolute atomic E-state index is 0.282. The zero-order chi connectivity index (χ0) is 19.9. The summed E-state index contributed by atoms with van der Waals surface area (Å²) in [6, 6.07) is 21.1. The summed E-state index contributed by atoms with van der Waals surface area (Å²) in [6.07, 6.45) is 1.52. The lowest BCUT2D eigenvalue weighted by atomic mass is 10.1. The molecule has 3 aromatic carbocycles. The molecule has 0 fully saturated rings. The van der Waals surface area contributed by atoms with Crippen LogP contribution in [0.4, 0.5) is 0 Å². The van der Waals surface area contributed by atoms with E-state index in [0.29, 0.717) is 21.3 Å². The van der Waals surface area contributed by atoms with Crippen molar-refractivity contribution in [3.05, 3.63) is 99.5 Å². The largest absolute Gasteiger partial charge is 0.423 e. The molecule has 3 aromatic rings. The number of nitrogens with zero attached hydrogens (tertiary/aromatic N) is 1. The monoisotopic (exact) mass is 436 g/mol.